The Balaban J connectivity index is 1.89. The first-order valence-electron chi connectivity index (χ1n) is 6.50. The maximum absolute atomic E-state index is 4.32. The first-order valence-corrected chi connectivity index (χ1v) is 9.09. The van der Waals surface area contributed by atoms with Gasteiger partial charge in [-0.2, -0.15) is 0 Å². The second-order valence-corrected chi connectivity index (χ2v) is 8.14. The second kappa shape index (κ2) is 6.34. The van der Waals surface area contributed by atoms with E-state index in [4.69, 9.17) is 0 Å². The van der Waals surface area contributed by atoms with Crippen LogP contribution in [0.4, 0.5) is 0 Å². The summed E-state index contributed by atoms with van der Waals surface area (Å²) >= 11 is 6.97. The van der Waals surface area contributed by atoms with Crippen molar-refractivity contribution >= 4 is 39.0 Å². The molecule has 0 aliphatic heterocycles. The van der Waals surface area contributed by atoms with Crippen LogP contribution in [-0.2, 0) is 5.75 Å². The van der Waals surface area contributed by atoms with Crippen LogP contribution in [0.3, 0.4) is 0 Å². The summed E-state index contributed by atoms with van der Waals surface area (Å²) in [6.45, 7) is 4.10. The predicted octanol–water partition coefficient (Wildman–Crippen LogP) is 5.00. The maximum atomic E-state index is 4.32. The topological polar surface area (TPSA) is 30.7 Å². The average molecular weight is 380 g/mol. The molecule has 0 fully saturated rings. The Labute approximate surface area is 140 Å². The fourth-order valence-corrected chi connectivity index (χ4v) is 4.61. The van der Waals surface area contributed by atoms with Crippen LogP contribution in [0.1, 0.15) is 16.3 Å². The van der Waals surface area contributed by atoms with E-state index < -0.39 is 0 Å². The molecule has 108 valence electrons. The van der Waals surface area contributed by atoms with E-state index in [1.807, 2.05) is 13.0 Å². The van der Waals surface area contributed by atoms with E-state index in [2.05, 4.69) is 67.9 Å². The molecule has 3 aromatic rings. The van der Waals surface area contributed by atoms with Crippen molar-refractivity contribution in [3.8, 4) is 5.69 Å². The smallest absolute Gasteiger partial charge is 0.196 e. The van der Waals surface area contributed by atoms with Gasteiger partial charge in [-0.3, -0.25) is 4.57 Å². The Morgan fingerprint density at radius 1 is 1.14 bits per heavy atom. The van der Waals surface area contributed by atoms with Crippen LogP contribution in [0.25, 0.3) is 5.69 Å². The molecule has 1 aromatic carbocycles. The summed E-state index contributed by atoms with van der Waals surface area (Å²) in [6.07, 6.45) is 0. The van der Waals surface area contributed by atoms with Crippen molar-refractivity contribution in [1.82, 2.24) is 14.8 Å². The van der Waals surface area contributed by atoms with E-state index in [1.165, 1.54) is 10.4 Å². The van der Waals surface area contributed by atoms with E-state index in [0.717, 1.165) is 26.2 Å². The molecule has 0 radical (unpaired) electrons. The molecule has 0 amide bonds. The Kier molecular flexibility index (Phi) is 4.47. The average Bonchev–Trinajstić information content (AvgIpc) is 3.04. The molecule has 21 heavy (non-hydrogen) atoms. The quantitative estimate of drug-likeness (QED) is 0.597. The number of aromatic nitrogens is 3. The zero-order valence-corrected chi connectivity index (χ0v) is 14.9. The number of para-hydroxylation sites is 1. The SMILES string of the molecule is Cc1ccccc1-n1c(C)nnc1SCc1ccc(Br)s1. The first-order chi connectivity index (χ1) is 10.1. The predicted molar refractivity (Wildman–Crippen MR) is 92.4 cm³/mol. The molecule has 3 rings (SSSR count). The lowest BCUT2D eigenvalue weighted by atomic mass is 10.2. The van der Waals surface area contributed by atoms with Gasteiger partial charge in [0.2, 0.25) is 0 Å². The van der Waals surface area contributed by atoms with Crippen LogP contribution < -0.4 is 0 Å². The lowest BCUT2D eigenvalue weighted by Crippen LogP contribution is -2.01. The number of thioether (sulfide) groups is 1. The van der Waals surface area contributed by atoms with Gasteiger partial charge < -0.3 is 0 Å². The van der Waals surface area contributed by atoms with E-state index in [0.29, 0.717) is 0 Å². The fourth-order valence-electron chi connectivity index (χ4n) is 2.09. The molecule has 0 N–H and O–H groups in total. The summed E-state index contributed by atoms with van der Waals surface area (Å²) in [6, 6.07) is 12.5. The third kappa shape index (κ3) is 3.22. The molecule has 0 saturated carbocycles. The zero-order valence-electron chi connectivity index (χ0n) is 11.7. The van der Waals surface area contributed by atoms with Gasteiger partial charge in [-0.1, -0.05) is 30.0 Å². The third-order valence-corrected chi connectivity index (χ3v) is 5.91. The monoisotopic (exact) mass is 379 g/mol. The summed E-state index contributed by atoms with van der Waals surface area (Å²) in [5.41, 5.74) is 2.37. The standard InChI is InChI=1S/C15H14BrN3S2/c1-10-5-3-4-6-13(10)19-11(2)17-18-15(19)20-9-12-7-8-14(16)21-12/h3-8H,9H2,1-2H3. The fraction of sp³-hybridized carbons (Fsp3) is 0.200. The van der Waals surface area contributed by atoms with E-state index in [9.17, 15) is 0 Å². The van der Waals surface area contributed by atoms with Crippen LogP contribution in [0.15, 0.2) is 45.3 Å². The van der Waals surface area contributed by atoms with Crippen molar-refractivity contribution in [3.63, 3.8) is 0 Å². The molecule has 6 heteroatoms. The molecular formula is C15H14BrN3S2. The van der Waals surface area contributed by atoms with Crippen molar-refractivity contribution in [2.45, 2.75) is 24.8 Å². The Hall–Kier alpha value is -1.11. The molecule has 0 aliphatic carbocycles. The van der Waals surface area contributed by atoms with Gasteiger partial charge >= 0.3 is 0 Å². The summed E-state index contributed by atoms with van der Waals surface area (Å²) in [4.78, 5) is 1.32. The highest BCUT2D eigenvalue weighted by Gasteiger charge is 2.13. The lowest BCUT2D eigenvalue weighted by Gasteiger charge is -2.10. The zero-order chi connectivity index (χ0) is 14.8. The minimum absolute atomic E-state index is 0.903. The minimum Gasteiger partial charge on any atom is -0.274 e. The van der Waals surface area contributed by atoms with Crippen LogP contribution in [0.2, 0.25) is 0 Å². The van der Waals surface area contributed by atoms with Gasteiger partial charge in [0.15, 0.2) is 5.16 Å². The number of thiophene rings is 1. The summed E-state index contributed by atoms with van der Waals surface area (Å²) in [5, 5.41) is 9.50. The van der Waals surface area contributed by atoms with Crippen LogP contribution in [-0.4, -0.2) is 14.8 Å². The molecule has 0 spiro atoms. The molecule has 3 nitrogen and oxygen atoms in total. The lowest BCUT2D eigenvalue weighted by molar-refractivity contribution is 0.862. The molecular weight excluding hydrogens is 366 g/mol. The van der Waals surface area contributed by atoms with Gasteiger partial charge in [-0.05, 0) is 53.5 Å². The van der Waals surface area contributed by atoms with Crippen LogP contribution in [0.5, 0.6) is 0 Å². The summed E-state index contributed by atoms with van der Waals surface area (Å²) in [7, 11) is 0. The van der Waals surface area contributed by atoms with Gasteiger partial charge in [-0.25, -0.2) is 0 Å². The summed E-state index contributed by atoms with van der Waals surface area (Å²) in [5.74, 6) is 1.82. The highest BCUT2D eigenvalue weighted by molar-refractivity contribution is 9.11. The molecule has 2 aromatic heterocycles. The molecule has 0 bridgehead atoms. The number of hydrogen-bond acceptors (Lipinski definition) is 4. The maximum Gasteiger partial charge on any atom is 0.196 e. The molecule has 0 aliphatic rings. The van der Waals surface area contributed by atoms with Crippen molar-refractivity contribution in [2.75, 3.05) is 0 Å². The minimum atomic E-state index is 0.903. The Morgan fingerprint density at radius 2 is 1.95 bits per heavy atom. The largest absolute Gasteiger partial charge is 0.274 e. The van der Waals surface area contributed by atoms with E-state index in [-0.39, 0.29) is 0 Å². The number of nitrogens with zero attached hydrogens (tertiary/aromatic N) is 3. The Bertz CT molecular complexity index is 764. The molecule has 0 saturated heterocycles. The van der Waals surface area contributed by atoms with E-state index >= 15 is 0 Å². The normalized spacial score (nSPS) is 11.0. The number of rotatable bonds is 4. The van der Waals surface area contributed by atoms with Gasteiger partial charge in [0.1, 0.15) is 5.82 Å². The van der Waals surface area contributed by atoms with Crippen molar-refractivity contribution < 1.29 is 0 Å². The number of hydrogen-bond donors (Lipinski definition) is 0. The highest BCUT2D eigenvalue weighted by atomic mass is 79.9. The van der Waals surface area contributed by atoms with Crippen LogP contribution in [0, 0.1) is 13.8 Å². The molecule has 0 atom stereocenters. The second-order valence-electron chi connectivity index (χ2n) is 4.65. The Morgan fingerprint density at radius 3 is 2.67 bits per heavy atom. The molecule has 0 unspecified atom stereocenters. The van der Waals surface area contributed by atoms with Crippen LogP contribution >= 0.6 is 39.0 Å². The van der Waals surface area contributed by atoms with Crippen molar-refractivity contribution in [1.29, 1.82) is 0 Å². The number of aryl methyl sites for hydroxylation is 2. The third-order valence-electron chi connectivity index (χ3n) is 3.12. The number of halogens is 1. The van der Waals surface area contributed by atoms with Gasteiger partial charge in [-0.15, -0.1) is 21.5 Å². The van der Waals surface area contributed by atoms with Gasteiger partial charge in [0.05, 0.1) is 9.47 Å². The highest BCUT2D eigenvalue weighted by Crippen LogP contribution is 2.30. The van der Waals surface area contributed by atoms with Crippen molar-refractivity contribution in [2.24, 2.45) is 0 Å². The first kappa shape index (κ1) is 14.8. The van der Waals surface area contributed by atoms with E-state index in [1.54, 1.807) is 23.1 Å². The molecule has 2 heterocycles. The summed E-state index contributed by atoms with van der Waals surface area (Å²) < 4.78 is 3.29. The van der Waals surface area contributed by atoms with Gasteiger partial charge in [0, 0.05) is 10.6 Å². The number of benzene rings is 1. The van der Waals surface area contributed by atoms with Gasteiger partial charge in [0.25, 0.3) is 0 Å². The van der Waals surface area contributed by atoms with Crippen molar-refractivity contribution in [3.05, 3.63) is 56.4 Å².